The van der Waals surface area contributed by atoms with Crippen molar-refractivity contribution < 1.29 is 9.32 Å². The van der Waals surface area contributed by atoms with Crippen molar-refractivity contribution in [2.24, 2.45) is 0 Å². The molecule has 7 heteroatoms. The Morgan fingerprint density at radius 3 is 2.77 bits per heavy atom. The van der Waals surface area contributed by atoms with E-state index in [1.54, 1.807) is 17.0 Å². The summed E-state index contributed by atoms with van der Waals surface area (Å²) in [4.78, 5) is 28.7. The SMILES string of the molecule is Cc1noc(C)c1CCC(=O)NCCn1cnc(C2CCCC2)cc1=O. The van der Waals surface area contributed by atoms with Crippen molar-refractivity contribution in [3.8, 4) is 0 Å². The van der Waals surface area contributed by atoms with Gasteiger partial charge in [0.05, 0.1) is 17.7 Å². The minimum atomic E-state index is -0.0492. The van der Waals surface area contributed by atoms with E-state index in [2.05, 4.69) is 15.5 Å². The van der Waals surface area contributed by atoms with Gasteiger partial charge in [0.15, 0.2) is 0 Å². The lowest BCUT2D eigenvalue weighted by atomic mass is 10.0. The maximum atomic E-state index is 12.2. The van der Waals surface area contributed by atoms with Gasteiger partial charge in [-0.2, -0.15) is 0 Å². The van der Waals surface area contributed by atoms with Gasteiger partial charge in [0.25, 0.3) is 5.56 Å². The molecule has 0 unspecified atom stereocenters. The zero-order valence-corrected chi connectivity index (χ0v) is 15.5. The highest BCUT2D eigenvalue weighted by molar-refractivity contribution is 5.76. The summed E-state index contributed by atoms with van der Waals surface area (Å²) < 4.78 is 6.65. The quantitative estimate of drug-likeness (QED) is 0.820. The lowest BCUT2D eigenvalue weighted by Crippen LogP contribution is -2.31. The Morgan fingerprint density at radius 2 is 2.12 bits per heavy atom. The van der Waals surface area contributed by atoms with Gasteiger partial charge in [0, 0.05) is 37.1 Å². The summed E-state index contributed by atoms with van der Waals surface area (Å²) in [6.07, 6.45) is 7.26. The minimum Gasteiger partial charge on any atom is -0.361 e. The fourth-order valence-electron chi connectivity index (χ4n) is 3.55. The predicted octanol–water partition coefficient (Wildman–Crippen LogP) is 2.25. The normalized spacial score (nSPS) is 14.7. The average molecular weight is 358 g/mol. The van der Waals surface area contributed by atoms with E-state index in [4.69, 9.17) is 4.52 Å². The summed E-state index contributed by atoms with van der Waals surface area (Å²) in [5.74, 6) is 1.14. The van der Waals surface area contributed by atoms with E-state index in [1.807, 2.05) is 13.8 Å². The second-order valence-electron chi connectivity index (χ2n) is 6.98. The molecule has 0 aliphatic heterocycles. The first-order valence-corrected chi connectivity index (χ1v) is 9.29. The molecule has 1 aliphatic carbocycles. The van der Waals surface area contributed by atoms with E-state index >= 15 is 0 Å². The first-order chi connectivity index (χ1) is 12.5. The number of carbonyl (C=O) groups excluding carboxylic acids is 1. The van der Waals surface area contributed by atoms with Gasteiger partial charge in [-0.05, 0) is 33.1 Å². The average Bonchev–Trinajstić information content (AvgIpc) is 3.25. The van der Waals surface area contributed by atoms with Gasteiger partial charge in [-0.25, -0.2) is 4.98 Å². The van der Waals surface area contributed by atoms with E-state index in [9.17, 15) is 9.59 Å². The molecular formula is C19H26N4O3. The lowest BCUT2D eigenvalue weighted by Gasteiger charge is -2.11. The number of nitrogens with zero attached hydrogens (tertiary/aromatic N) is 3. The van der Waals surface area contributed by atoms with Crippen LogP contribution in [0.3, 0.4) is 0 Å². The molecule has 1 aliphatic rings. The molecule has 1 amide bonds. The van der Waals surface area contributed by atoms with Gasteiger partial charge in [0.2, 0.25) is 5.91 Å². The molecule has 7 nitrogen and oxygen atoms in total. The van der Waals surface area contributed by atoms with Crippen LogP contribution in [-0.2, 0) is 17.8 Å². The molecule has 0 bridgehead atoms. The van der Waals surface area contributed by atoms with Crippen molar-refractivity contribution in [1.82, 2.24) is 20.0 Å². The van der Waals surface area contributed by atoms with Crippen LogP contribution >= 0.6 is 0 Å². The van der Waals surface area contributed by atoms with Gasteiger partial charge in [-0.3, -0.25) is 14.2 Å². The number of rotatable bonds is 7. The van der Waals surface area contributed by atoms with Gasteiger partial charge in [-0.1, -0.05) is 18.0 Å². The molecule has 0 saturated heterocycles. The molecule has 0 radical (unpaired) electrons. The Hall–Kier alpha value is -2.44. The molecule has 140 valence electrons. The van der Waals surface area contributed by atoms with E-state index in [1.165, 1.54) is 12.8 Å². The van der Waals surface area contributed by atoms with Gasteiger partial charge in [0.1, 0.15) is 5.76 Å². The molecule has 0 aromatic carbocycles. The van der Waals surface area contributed by atoms with Crippen molar-refractivity contribution in [1.29, 1.82) is 0 Å². The molecule has 2 heterocycles. The van der Waals surface area contributed by atoms with Crippen LogP contribution in [0, 0.1) is 13.8 Å². The van der Waals surface area contributed by atoms with Crippen LogP contribution in [0.1, 0.15) is 60.7 Å². The fraction of sp³-hybridized carbons (Fsp3) is 0.579. The minimum absolute atomic E-state index is 0.0476. The Balaban J connectivity index is 1.45. The summed E-state index contributed by atoms with van der Waals surface area (Å²) in [7, 11) is 0. The van der Waals surface area contributed by atoms with Crippen molar-refractivity contribution >= 4 is 5.91 Å². The Kier molecular flexibility index (Phi) is 5.85. The second-order valence-corrected chi connectivity index (χ2v) is 6.98. The number of aryl methyl sites for hydroxylation is 2. The van der Waals surface area contributed by atoms with Gasteiger partial charge < -0.3 is 9.84 Å². The molecule has 1 fully saturated rings. The molecule has 3 rings (SSSR count). The first kappa shape index (κ1) is 18.4. The molecule has 1 saturated carbocycles. The molecule has 2 aromatic rings. The summed E-state index contributed by atoms with van der Waals surface area (Å²) in [6.45, 7) is 4.55. The van der Waals surface area contributed by atoms with Crippen LogP contribution < -0.4 is 10.9 Å². The maximum absolute atomic E-state index is 12.2. The van der Waals surface area contributed by atoms with E-state index in [0.29, 0.717) is 31.8 Å². The summed E-state index contributed by atoms with van der Waals surface area (Å²) in [6, 6.07) is 1.65. The smallest absolute Gasteiger partial charge is 0.253 e. The molecule has 1 N–H and O–H groups in total. The Bertz CT molecular complexity index is 799. The third kappa shape index (κ3) is 4.39. The van der Waals surface area contributed by atoms with Crippen LogP contribution in [0.15, 0.2) is 21.7 Å². The standard InChI is InChI=1S/C19H26N4O3/c1-13-16(14(2)26-22-13)7-8-18(24)20-9-10-23-12-21-17(11-19(23)25)15-5-3-4-6-15/h11-12,15H,3-10H2,1-2H3,(H,20,24). The molecule has 2 aromatic heterocycles. The number of amides is 1. The van der Waals surface area contributed by atoms with Crippen molar-refractivity contribution in [2.45, 2.75) is 64.8 Å². The molecular weight excluding hydrogens is 332 g/mol. The van der Waals surface area contributed by atoms with E-state index in [0.717, 1.165) is 35.6 Å². The van der Waals surface area contributed by atoms with Crippen LogP contribution in [0.4, 0.5) is 0 Å². The number of hydrogen-bond acceptors (Lipinski definition) is 5. The van der Waals surface area contributed by atoms with Crippen molar-refractivity contribution in [3.05, 3.63) is 45.5 Å². The van der Waals surface area contributed by atoms with Crippen molar-refractivity contribution in [2.75, 3.05) is 6.54 Å². The largest absolute Gasteiger partial charge is 0.361 e. The lowest BCUT2D eigenvalue weighted by molar-refractivity contribution is -0.121. The molecule has 0 atom stereocenters. The van der Waals surface area contributed by atoms with Crippen LogP contribution in [0.5, 0.6) is 0 Å². The summed E-state index contributed by atoms with van der Waals surface area (Å²) in [5, 5.41) is 6.74. The second kappa shape index (κ2) is 8.29. The summed E-state index contributed by atoms with van der Waals surface area (Å²) >= 11 is 0. The third-order valence-electron chi connectivity index (χ3n) is 5.13. The highest BCUT2D eigenvalue weighted by Gasteiger charge is 2.19. The van der Waals surface area contributed by atoms with E-state index < -0.39 is 0 Å². The highest BCUT2D eigenvalue weighted by Crippen LogP contribution is 2.32. The predicted molar refractivity (Wildman–Crippen MR) is 97.0 cm³/mol. The van der Waals surface area contributed by atoms with Crippen LogP contribution in [-0.4, -0.2) is 27.2 Å². The third-order valence-corrected chi connectivity index (χ3v) is 5.13. The number of carbonyl (C=O) groups is 1. The Labute approximate surface area is 152 Å². The van der Waals surface area contributed by atoms with Gasteiger partial charge >= 0.3 is 0 Å². The van der Waals surface area contributed by atoms with E-state index in [-0.39, 0.29) is 11.5 Å². The zero-order valence-electron chi connectivity index (χ0n) is 15.5. The Morgan fingerprint density at radius 1 is 1.35 bits per heavy atom. The van der Waals surface area contributed by atoms with Crippen LogP contribution in [0.25, 0.3) is 0 Å². The highest BCUT2D eigenvalue weighted by atomic mass is 16.5. The van der Waals surface area contributed by atoms with Crippen LogP contribution in [0.2, 0.25) is 0 Å². The fourth-order valence-corrected chi connectivity index (χ4v) is 3.55. The van der Waals surface area contributed by atoms with Crippen molar-refractivity contribution in [3.63, 3.8) is 0 Å². The zero-order chi connectivity index (χ0) is 18.5. The number of aromatic nitrogens is 3. The summed E-state index contributed by atoms with van der Waals surface area (Å²) in [5.41, 5.74) is 2.68. The molecule has 0 spiro atoms. The molecule has 26 heavy (non-hydrogen) atoms. The monoisotopic (exact) mass is 358 g/mol. The maximum Gasteiger partial charge on any atom is 0.253 e. The number of hydrogen-bond donors (Lipinski definition) is 1. The number of nitrogens with one attached hydrogen (secondary N) is 1. The first-order valence-electron chi connectivity index (χ1n) is 9.29. The van der Waals surface area contributed by atoms with Gasteiger partial charge in [-0.15, -0.1) is 0 Å². The topological polar surface area (TPSA) is 90.0 Å².